The zero-order chi connectivity index (χ0) is 18.0. The van der Waals surface area contributed by atoms with Crippen molar-refractivity contribution in [3.8, 4) is 0 Å². The third kappa shape index (κ3) is 4.38. The second-order valence-corrected chi connectivity index (χ2v) is 8.10. The molecule has 0 bridgehead atoms. The van der Waals surface area contributed by atoms with E-state index in [-0.39, 0.29) is 5.56 Å². The van der Waals surface area contributed by atoms with E-state index in [0.29, 0.717) is 44.3 Å². The van der Waals surface area contributed by atoms with Crippen LogP contribution < -0.4 is 5.56 Å². The number of fused-ring (bicyclic) bond motifs is 1. The molecule has 0 amide bonds. The van der Waals surface area contributed by atoms with Gasteiger partial charge in [-0.2, -0.15) is 0 Å². The van der Waals surface area contributed by atoms with Gasteiger partial charge in [0.15, 0.2) is 5.16 Å². The highest BCUT2D eigenvalue weighted by atomic mass is 35.5. The highest BCUT2D eigenvalue weighted by Gasteiger charge is 2.13. The molecule has 0 N–H and O–H groups in total. The monoisotopic (exact) mass is 392 g/mol. The Hall–Kier alpha value is -1.49. The van der Waals surface area contributed by atoms with Crippen LogP contribution in [-0.2, 0) is 12.3 Å². The number of hydrogen-bond donors (Lipinski definition) is 0. The minimum Gasteiger partial charge on any atom is -0.287 e. The van der Waals surface area contributed by atoms with Gasteiger partial charge in [-0.3, -0.25) is 9.36 Å². The van der Waals surface area contributed by atoms with Crippen molar-refractivity contribution in [3.05, 3.63) is 68.4 Å². The number of halogens is 2. The predicted molar refractivity (Wildman–Crippen MR) is 107 cm³/mol. The van der Waals surface area contributed by atoms with Gasteiger partial charge in [-0.05, 0) is 41.8 Å². The van der Waals surface area contributed by atoms with Gasteiger partial charge in [0.2, 0.25) is 0 Å². The molecule has 130 valence electrons. The second-order valence-electron chi connectivity index (χ2n) is 6.28. The van der Waals surface area contributed by atoms with E-state index in [9.17, 15) is 4.79 Å². The summed E-state index contributed by atoms with van der Waals surface area (Å²) < 4.78 is 1.75. The first kappa shape index (κ1) is 18.3. The van der Waals surface area contributed by atoms with Gasteiger partial charge in [0, 0.05) is 22.3 Å². The molecule has 1 aromatic heterocycles. The maximum Gasteiger partial charge on any atom is 0.262 e. The summed E-state index contributed by atoms with van der Waals surface area (Å²) in [6, 6.07) is 13.0. The van der Waals surface area contributed by atoms with Crippen LogP contribution in [-0.4, -0.2) is 9.55 Å². The van der Waals surface area contributed by atoms with Gasteiger partial charge in [0.05, 0.1) is 10.9 Å². The molecule has 0 spiro atoms. The fraction of sp³-hybridized carbons (Fsp3) is 0.263. The Morgan fingerprint density at radius 3 is 2.60 bits per heavy atom. The average molecular weight is 393 g/mol. The van der Waals surface area contributed by atoms with Crippen molar-refractivity contribution < 1.29 is 0 Å². The molecule has 0 aliphatic carbocycles. The Balaban J connectivity index is 2.02. The summed E-state index contributed by atoms with van der Waals surface area (Å²) in [5.41, 5.74) is 1.72. The van der Waals surface area contributed by atoms with E-state index in [1.165, 1.54) is 0 Å². The normalized spacial score (nSPS) is 11.4. The van der Waals surface area contributed by atoms with Crippen molar-refractivity contribution in [2.75, 3.05) is 0 Å². The summed E-state index contributed by atoms with van der Waals surface area (Å²) in [4.78, 5) is 17.6. The van der Waals surface area contributed by atoms with Crippen LogP contribution in [0.1, 0.15) is 19.4 Å². The lowest BCUT2D eigenvalue weighted by atomic mass is 10.2. The van der Waals surface area contributed by atoms with Crippen LogP contribution in [0.5, 0.6) is 0 Å². The Bertz CT molecular complexity index is 969. The molecule has 0 saturated heterocycles. The van der Waals surface area contributed by atoms with Crippen LogP contribution in [0.3, 0.4) is 0 Å². The van der Waals surface area contributed by atoms with Crippen molar-refractivity contribution in [2.24, 2.45) is 5.92 Å². The summed E-state index contributed by atoms with van der Waals surface area (Å²) in [6.07, 6.45) is 0. The molecule has 3 nitrogen and oxygen atoms in total. The lowest BCUT2D eigenvalue weighted by Crippen LogP contribution is -2.25. The molecule has 0 atom stereocenters. The van der Waals surface area contributed by atoms with Crippen LogP contribution in [0.15, 0.2) is 52.4 Å². The average Bonchev–Trinajstić information content (AvgIpc) is 2.56. The van der Waals surface area contributed by atoms with Gasteiger partial charge in [-0.15, -0.1) is 0 Å². The van der Waals surface area contributed by atoms with Gasteiger partial charge < -0.3 is 0 Å². The number of rotatable bonds is 5. The molecule has 1 heterocycles. The summed E-state index contributed by atoms with van der Waals surface area (Å²) in [7, 11) is 0. The highest BCUT2D eigenvalue weighted by molar-refractivity contribution is 7.98. The molecule has 0 aliphatic heterocycles. The van der Waals surface area contributed by atoms with Crippen molar-refractivity contribution in [1.29, 1.82) is 0 Å². The van der Waals surface area contributed by atoms with Gasteiger partial charge in [0.1, 0.15) is 0 Å². The minimum absolute atomic E-state index is 0.0465. The van der Waals surface area contributed by atoms with E-state index in [2.05, 4.69) is 13.8 Å². The Kier molecular flexibility index (Phi) is 5.72. The Morgan fingerprint density at radius 2 is 1.88 bits per heavy atom. The smallest absolute Gasteiger partial charge is 0.262 e. The third-order valence-electron chi connectivity index (χ3n) is 3.69. The van der Waals surface area contributed by atoms with Crippen LogP contribution in [0.2, 0.25) is 10.0 Å². The summed E-state index contributed by atoms with van der Waals surface area (Å²) >= 11 is 13.6. The van der Waals surface area contributed by atoms with E-state index in [0.717, 1.165) is 5.56 Å². The fourth-order valence-corrected chi connectivity index (χ4v) is 3.92. The van der Waals surface area contributed by atoms with Crippen LogP contribution in [0.25, 0.3) is 10.9 Å². The molecular weight excluding hydrogens is 375 g/mol. The first-order valence-electron chi connectivity index (χ1n) is 8.01. The van der Waals surface area contributed by atoms with E-state index in [4.69, 9.17) is 28.2 Å². The van der Waals surface area contributed by atoms with E-state index in [1.54, 1.807) is 34.5 Å². The topological polar surface area (TPSA) is 34.9 Å². The Morgan fingerprint density at radius 1 is 1.12 bits per heavy atom. The lowest BCUT2D eigenvalue weighted by molar-refractivity contribution is 0.475. The van der Waals surface area contributed by atoms with Gasteiger partial charge in [-0.1, -0.05) is 60.9 Å². The van der Waals surface area contributed by atoms with Crippen molar-refractivity contribution in [1.82, 2.24) is 9.55 Å². The molecule has 0 unspecified atom stereocenters. The summed E-state index contributed by atoms with van der Waals surface area (Å²) in [5, 5.41) is 2.52. The maximum atomic E-state index is 12.9. The maximum absolute atomic E-state index is 12.9. The number of thioether (sulfide) groups is 1. The highest BCUT2D eigenvalue weighted by Crippen LogP contribution is 2.25. The molecule has 25 heavy (non-hydrogen) atoms. The zero-order valence-corrected chi connectivity index (χ0v) is 16.3. The van der Waals surface area contributed by atoms with Crippen molar-refractivity contribution in [3.63, 3.8) is 0 Å². The van der Waals surface area contributed by atoms with Gasteiger partial charge in [-0.25, -0.2) is 4.98 Å². The van der Waals surface area contributed by atoms with Crippen molar-refractivity contribution in [2.45, 2.75) is 31.3 Å². The van der Waals surface area contributed by atoms with Crippen LogP contribution in [0.4, 0.5) is 0 Å². The molecule has 3 aromatic rings. The lowest BCUT2D eigenvalue weighted by Gasteiger charge is -2.15. The van der Waals surface area contributed by atoms with Gasteiger partial charge >= 0.3 is 0 Å². The largest absolute Gasteiger partial charge is 0.287 e. The van der Waals surface area contributed by atoms with Crippen molar-refractivity contribution >= 4 is 45.9 Å². The molecule has 2 aromatic carbocycles. The third-order valence-corrected chi connectivity index (χ3v) is 5.20. The summed E-state index contributed by atoms with van der Waals surface area (Å²) in [5.74, 6) is 1.03. The summed E-state index contributed by atoms with van der Waals surface area (Å²) in [6.45, 7) is 4.78. The quantitative estimate of drug-likeness (QED) is 0.415. The molecule has 0 aliphatic rings. The molecule has 0 fully saturated rings. The number of hydrogen-bond acceptors (Lipinski definition) is 3. The number of aromatic nitrogens is 2. The van der Waals surface area contributed by atoms with E-state index in [1.807, 2.05) is 24.3 Å². The SMILES string of the molecule is CC(C)Cn1c(SCc2cccc(Cl)c2)nc2ccc(Cl)cc2c1=O. The van der Waals surface area contributed by atoms with E-state index >= 15 is 0 Å². The zero-order valence-electron chi connectivity index (χ0n) is 14.0. The minimum atomic E-state index is -0.0465. The van der Waals surface area contributed by atoms with Crippen LogP contribution in [0, 0.1) is 5.92 Å². The number of benzene rings is 2. The molecule has 0 saturated carbocycles. The molecular formula is C19H18Cl2N2OS. The van der Waals surface area contributed by atoms with E-state index < -0.39 is 0 Å². The van der Waals surface area contributed by atoms with Crippen LogP contribution >= 0.6 is 35.0 Å². The predicted octanol–water partition coefficient (Wildman–Crippen LogP) is 5.65. The molecule has 3 rings (SSSR count). The first-order valence-corrected chi connectivity index (χ1v) is 9.75. The molecule has 6 heteroatoms. The standard InChI is InChI=1S/C19H18Cl2N2OS/c1-12(2)10-23-18(24)16-9-15(21)6-7-17(16)22-19(23)25-11-13-4-3-5-14(20)8-13/h3-9,12H,10-11H2,1-2H3. The van der Waals surface area contributed by atoms with Gasteiger partial charge in [0.25, 0.3) is 5.56 Å². The fourth-order valence-electron chi connectivity index (χ4n) is 2.58. The Labute approximate surface area is 161 Å². The number of nitrogens with zero attached hydrogens (tertiary/aromatic N) is 2. The molecule has 0 radical (unpaired) electrons. The first-order chi connectivity index (χ1) is 11.9. The second kappa shape index (κ2) is 7.81.